The van der Waals surface area contributed by atoms with E-state index in [1.807, 2.05) is 6.92 Å². The molecule has 3 N–H and O–H groups in total. The SMILES string of the molecule is CCOCC[C@H]1CNC[C@H]1N. The molecule has 0 spiro atoms. The van der Waals surface area contributed by atoms with Crippen molar-refractivity contribution < 1.29 is 4.74 Å². The highest BCUT2D eigenvalue weighted by Gasteiger charge is 2.22. The lowest BCUT2D eigenvalue weighted by Gasteiger charge is -2.12. The van der Waals surface area contributed by atoms with E-state index in [-0.39, 0.29) is 0 Å². The van der Waals surface area contributed by atoms with Gasteiger partial charge in [0, 0.05) is 25.8 Å². The molecule has 66 valence electrons. The van der Waals surface area contributed by atoms with Crippen molar-refractivity contribution in [3.63, 3.8) is 0 Å². The molecule has 1 saturated heterocycles. The number of nitrogens with two attached hydrogens (primary N) is 1. The molecule has 0 aromatic heterocycles. The summed E-state index contributed by atoms with van der Waals surface area (Å²) in [6, 6.07) is 0.343. The minimum atomic E-state index is 0.343. The van der Waals surface area contributed by atoms with Crippen LogP contribution in [0, 0.1) is 5.92 Å². The zero-order valence-electron chi connectivity index (χ0n) is 7.18. The van der Waals surface area contributed by atoms with Crippen LogP contribution in [0.1, 0.15) is 13.3 Å². The fourth-order valence-corrected chi connectivity index (χ4v) is 1.45. The van der Waals surface area contributed by atoms with Gasteiger partial charge in [-0.05, 0) is 25.8 Å². The lowest BCUT2D eigenvalue weighted by Crippen LogP contribution is -2.29. The zero-order chi connectivity index (χ0) is 8.10. The Morgan fingerprint density at radius 3 is 2.91 bits per heavy atom. The second kappa shape index (κ2) is 4.70. The molecular formula is C8H18N2O. The van der Waals surface area contributed by atoms with Crippen molar-refractivity contribution in [3.8, 4) is 0 Å². The smallest absolute Gasteiger partial charge is 0.0469 e. The van der Waals surface area contributed by atoms with Crippen LogP contribution >= 0.6 is 0 Å². The van der Waals surface area contributed by atoms with Crippen molar-refractivity contribution in [3.05, 3.63) is 0 Å². The first-order valence-corrected chi connectivity index (χ1v) is 4.38. The molecule has 0 aliphatic carbocycles. The van der Waals surface area contributed by atoms with Crippen LogP contribution < -0.4 is 11.1 Å². The predicted octanol–water partition coefficient (Wildman–Crippen LogP) is -0.0403. The van der Waals surface area contributed by atoms with Gasteiger partial charge in [0.15, 0.2) is 0 Å². The summed E-state index contributed by atoms with van der Waals surface area (Å²) in [6.45, 7) is 5.73. The van der Waals surface area contributed by atoms with Crippen molar-refractivity contribution in [1.82, 2.24) is 5.32 Å². The number of ether oxygens (including phenoxy) is 1. The average Bonchev–Trinajstić information content (AvgIpc) is 2.37. The molecule has 1 heterocycles. The van der Waals surface area contributed by atoms with Crippen LogP contribution in [-0.4, -0.2) is 32.3 Å². The van der Waals surface area contributed by atoms with E-state index in [2.05, 4.69) is 5.32 Å². The Morgan fingerprint density at radius 1 is 1.55 bits per heavy atom. The second-order valence-electron chi connectivity index (χ2n) is 3.07. The molecule has 2 atom stereocenters. The second-order valence-corrected chi connectivity index (χ2v) is 3.07. The van der Waals surface area contributed by atoms with Gasteiger partial charge in [-0.3, -0.25) is 0 Å². The minimum absolute atomic E-state index is 0.343. The Morgan fingerprint density at radius 2 is 2.36 bits per heavy atom. The van der Waals surface area contributed by atoms with Crippen LogP contribution in [0.2, 0.25) is 0 Å². The predicted molar refractivity (Wildman–Crippen MR) is 45.4 cm³/mol. The Labute approximate surface area is 68.3 Å². The van der Waals surface area contributed by atoms with E-state index >= 15 is 0 Å². The fraction of sp³-hybridized carbons (Fsp3) is 1.00. The van der Waals surface area contributed by atoms with Crippen LogP contribution in [0.3, 0.4) is 0 Å². The largest absolute Gasteiger partial charge is 0.382 e. The third kappa shape index (κ3) is 2.77. The molecule has 1 aliphatic heterocycles. The lowest BCUT2D eigenvalue weighted by atomic mass is 10.0. The van der Waals surface area contributed by atoms with Crippen molar-refractivity contribution in [1.29, 1.82) is 0 Å². The summed E-state index contributed by atoms with van der Waals surface area (Å²) >= 11 is 0. The zero-order valence-corrected chi connectivity index (χ0v) is 7.18. The first-order chi connectivity index (χ1) is 5.34. The van der Waals surface area contributed by atoms with E-state index < -0.39 is 0 Å². The first kappa shape index (κ1) is 8.97. The first-order valence-electron chi connectivity index (χ1n) is 4.38. The van der Waals surface area contributed by atoms with Crippen LogP contribution in [0.5, 0.6) is 0 Å². The summed E-state index contributed by atoms with van der Waals surface area (Å²) in [5, 5.41) is 3.27. The number of rotatable bonds is 4. The maximum atomic E-state index is 5.84. The standard InChI is InChI=1S/C8H18N2O/c1-2-11-4-3-7-5-10-6-8(7)9/h7-8,10H,2-6,9H2,1H3/t7-,8+/m0/s1. The summed E-state index contributed by atoms with van der Waals surface area (Å²) in [7, 11) is 0. The normalized spacial score (nSPS) is 31.1. The molecule has 1 fully saturated rings. The van der Waals surface area contributed by atoms with Crippen LogP contribution in [0.4, 0.5) is 0 Å². The van der Waals surface area contributed by atoms with E-state index in [4.69, 9.17) is 10.5 Å². The molecule has 11 heavy (non-hydrogen) atoms. The van der Waals surface area contributed by atoms with E-state index in [0.29, 0.717) is 12.0 Å². The fourth-order valence-electron chi connectivity index (χ4n) is 1.45. The monoisotopic (exact) mass is 158 g/mol. The maximum absolute atomic E-state index is 5.84. The molecule has 3 heteroatoms. The third-order valence-corrected chi connectivity index (χ3v) is 2.23. The van der Waals surface area contributed by atoms with Crippen LogP contribution in [-0.2, 0) is 4.74 Å². The van der Waals surface area contributed by atoms with E-state index in [1.54, 1.807) is 0 Å². The van der Waals surface area contributed by atoms with Crippen LogP contribution in [0.15, 0.2) is 0 Å². The summed E-state index contributed by atoms with van der Waals surface area (Å²) in [6.07, 6.45) is 1.10. The maximum Gasteiger partial charge on any atom is 0.0469 e. The van der Waals surface area contributed by atoms with Gasteiger partial charge in [-0.15, -0.1) is 0 Å². The molecular weight excluding hydrogens is 140 g/mol. The number of hydrogen-bond acceptors (Lipinski definition) is 3. The van der Waals surface area contributed by atoms with Gasteiger partial charge in [0.2, 0.25) is 0 Å². The van der Waals surface area contributed by atoms with Gasteiger partial charge >= 0.3 is 0 Å². The van der Waals surface area contributed by atoms with Gasteiger partial charge < -0.3 is 15.8 Å². The van der Waals surface area contributed by atoms with Gasteiger partial charge in [-0.25, -0.2) is 0 Å². The van der Waals surface area contributed by atoms with E-state index in [0.717, 1.165) is 32.7 Å². The molecule has 0 bridgehead atoms. The lowest BCUT2D eigenvalue weighted by molar-refractivity contribution is 0.132. The van der Waals surface area contributed by atoms with Crippen LogP contribution in [0.25, 0.3) is 0 Å². The number of hydrogen-bond donors (Lipinski definition) is 2. The molecule has 0 aromatic carbocycles. The average molecular weight is 158 g/mol. The highest BCUT2D eigenvalue weighted by molar-refractivity contribution is 4.83. The van der Waals surface area contributed by atoms with Gasteiger partial charge in [0.1, 0.15) is 0 Å². The Kier molecular flexibility index (Phi) is 3.83. The quantitative estimate of drug-likeness (QED) is 0.564. The molecule has 0 aromatic rings. The van der Waals surface area contributed by atoms with Gasteiger partial charge in [0.05, 0.1) is 0 Å². The molecule has 1 aliphatic rings. The van der Waals surface area contributed by atoms with Gasteiger partial charge in [-0.2, -0.15) is 0 Å². The highest BCUT2D eigenvalue weighted by atomic mass is 16.5. The molecule has 0 saturated carbocycles. The Bertz CT molecular complexity index is 108. The van der Waals surface area contributed by atoms with Gasteiger partial charge in [-0.1, -0.05) is 0 Å². The van der Waals surface area contributed by atoms with Crippen molar-refractivity contribution in [2.75, 3.05) is 26.3 Å². The topological polar surface area (TPSA) is 47.3 Å². The third-order valence-electron chi connectivity index (χ3n) is 2.23. The summed E-state index contributed by atoms with van der Waals surface area (Å²) < 4.78 is 5.26. The summed E-state index contributed by atoms with van der Waals surface area (Å²) in [4.78, 5) is 0. The Balaban J connectivity index is 2.05. The summed E-state index contributed by atoms with van der Waals surface area (Å²) in [5.41, 5.74) is 5.84. The van der Waals surface area contributed by atoms with E-state index in [1.165, 1.54) is 0 Å². The van der Waals surface area contributed by atoms with Crippen molar-refractivity contribution >= 4 is 0 Å². The molecule has 0 amide bonds. The van der Waals surface area contributed by atoms with Crippen molar-refractivity contribution in [2.45, 2.75) is 19.4 Å². The summed E-state index contributed by atoms with van der Waals surface area (Å²) in [5.74, 6) is 0.626. The molecule has 1 rings (SSSR count). The molecule has 0 radical (unpaired) electrons. The van der Waals surface area contributed by atoms with Gasteiger partial charge in [0.25, 0.3) is 0 Å². The Hall–Kier alpha value is -0.120. The molecule has 0 unspecified atom stereocenters. The highest BCUT2D eigenvalue weighted by Crippen LogP contribution is 2.10. The van der Waals surface area contributed by atoms with E-state index in [9.17, 15) is 0 Å². The molecule has 3 nitrogen and oxygen atoms in total. The van der Waals surface area contributed by atoms with Crippen molar-refractivity contribution in [2.24, 2.45) is 11.7 Å². The minimum Gasteiger partial charge on any atom is -0.382 e. The number of nitrogens with one attached hydrogen (secondary N) is 1.